The summed E-state index contributed by atoms with van der Waals surface area (Å²) in [6, 6.07) is 7.01. The van der Waals surface area contributed by atoms with Crippen molar-refractivity contribution in [1.82, 2.24) is 20.0 Å². The number of fused-ring (bicyclic) bond motifs is 1. The Morgan fingerprint density at radius 2 is 2.03 bits per heavy atom. The number of likely N-dealkylation sites (tertiary alicyclic amines) is 1. The second-order valence-electron chi connectivity index (χ2n) is 7.61. The summed E-state index contributed by atoms with van der Waals surface area (Å²) in [4.78, 5) is 11.0. The highest BCUT2D eigenvalue weighted by atomic mass is 19.4. The average Bonchev–Trinajstić information content (AvgIpc) is 3.10. The minimum absolute atomic E-state index is 0.00947. The van der Waals surface area contributed by atoms with Crippen LogP contribution in [0.4, 0.5) is 13.2 Å². The van der Waals surface area contributed by atoms with Gasteiger partial charge < -0.3 is 4.52 Å². The topological polar surface area (TPSA) is 55.1 Å². The first kappa shape index (κ1) is 19.8. The lowest BCUT2D eigenvalue weighted by molar-refractivity contribution is -0.136. The summed E-state index contributed by atoms with van der Waals surface area (Å²) in [7, 11) is 0. The van der Waals surface area contributed by atoms with Crippen molar-refractivity contribution in [2.24, 2.45) is 0 Å². The molecule has 1 fully saturated rings. The van der Waals surface area contributed by atoms with Gasteiger partial charge in [-0.2, -0.15) is 13.2 Å². The van der Waals surface area contributed by atoms with Gasteiger partial charge in [-0.3, -0.25) is 9.88 Å². The van der Waals surface area contributed by atoms with Crippen LogP contribution in [0.15, 0.2) is 28.8 Å². The molecule has 5 nitrogen and oxygen atoms in total. The summed E-state index contributed by atoms with van der Waals surface area (Å²) in [5, 5.41) is 4.05. The summed E-state index contributed by atoms with van der Waals surface area (Å²) in [6.07, 6.45) is -2.43. The van der Waals surface area contributed by atoms with E-state index in [2.05, 4.69) is 20.0 Å². The Balaban J connectivity index is 1.65. The van der Waals surface area contributed by atoms with Crippen LogP contribution in [0, 0.1) is 6.92 Å². The van der Waals surface area contributed by atoms with E-state index >= 15 is 0 Å². The monoisotopic (exact) mass is 404 g/mol. The predicted molar refractivity (Wildman–Crippen MR) is 102 cm³/mol. The van der Waals surface area contributed by atoms with E-state index in [-0.39, 0.29) is 17.0 Å². The third-order valence-electron chi connectivity index (χ3n) is 5.42. The van der Waals surface area contributed by atoms with Gasteiger partial charge in [-0.15, -0.1) is 0 Å². The van der Waals surface area contributed by atoms with E-state index in [4.69, 9.17) is 4.52 Å². The van der Waals surface area contributed by atoms with Gasteiger partial charge >= 0.3 is 6.18 Å². The van der Waals surface area contributed by atoms with Gasteiger partial charge in [0.2, 0.25) is 0 Å². The fraction of sp³-hybridized carbons (Fsp3) is 0.476. The van der Waals surface area contributed by atoms with Crippen molar-refractivity contribution >= 4 is 11.1 Å². The van der Waals surface area contributed by atoms with Crippen LogP contribution in [0.1, 0.15) is 54.0 Å². The van der Waals surface area contributed by atoms with Crippen LogP contribution in [0.5, 0.6) is 0 Å². The fourth-order valence-corrected chi connectivity index (χ4v) is 4.05. The van der Waals surface area contributed by atoms with Crippen LogP contribution in [0.3, 0.4) is 0 Å². The van der Waals surface area contributed by atoms with Gasteiger partial charge in [0, 0.05) is 30.4 Å². The van der Waals surface area contributed by atoms with E-state index in [1.807, 2.05) is 25.1 Å². The van der Waals surface area contributed by atoms with E-state index < -0.39 is 11.7 Å². The van der Waals surface area contributed by atoms with E-state index in [0.717, 1.165) is 36.8 Å². The summed E-state index contributed by atoms with van der Waals surface area (Å²) in [6.45, 7) is 5.87. The van der Waals surface area contributed by atoms with E-state index in [0.29, 0.717) is 30.9 Å². The Morgan fingerprint density at radius 3 is 2.76 bits per heavy atom. The van der Waals surface area contributed by atoms with Crippen LogP contribution in [-0.4, -0.2) is 33.1 Å². The van der Waals surface area contributed by atoms with Crippen molar-refractivity contribution in [2.45, 2.75) is 51.7 Å². The summed E-state index contributed by atoms with van der Waals surface area (Å²) >= 11 is 0. The number of piperidine rings is 1. The first-order valence-electron chi connectivity index (χ1n) is 9.86. The number of hydrogen-bond acceptors (Lipinski definition) is 5. The number of hydrogen-bond donors (Lipinski definition) is 0. The third kappa shape index (κ3) is 4.12. The van der Waals surface area contributed by atoms with Gasteiger partial charge in [-0.05, 0) is 50.9 Å². The lowest BCUT2D eigenvalue weighted by Crippen LogP contribution is -2.34. The van der Waals surface area contributed by atoms with Crippen LogP contribution < -0.4 is 0 Å². The van der Waals surface area contributed by atoms with Crippen molar-refractivity contribution in [3.63, 3.8) is 0 Å². The smallest absolute Gasteiger partial charge is 0.336 e. The molecule has 1 aliphatic rings. The van der Waals surface area contributed by atoms with Crippen LogP contribution in [0.25, 0.3) is 11.1 Å². The van der Waals surface area contributed by atoms with Gasteiger partial charge in [-0.25, -0.2) is 4.98 Å². The zero-order valence-corrected chi connectivity index (χ0v) is 16.5. The maximum atomic E-state index is 13.7. The second-order valence-corrected chi connectivity index (χ2v) is 7.61. The quantitative estimate of drug-likeness (QED) is 0.620. The molecule has 1 aliphatic heterocycles. The maximum absolute atomic E-state index is 13.7. The number of pyridine rings is 2. The average molecular weight is 404 g/mol. The van der Waals surface area contributed by atoms with Gasteiger partial charge in [0.15, 0.2) is 0 Å². The van der Waals surface area contributed by atoms with Crippen molar-refractivity contribution in [2.75, 3.05) is 13.1 Å². The molecule has 0 spiro atoms. The molecule has 1 atom stereocenters. The van der Waals surface area contributed by atoms with Crippen molar-refractivity contribution in [3.05, 3.63) is 52.6 Å². The molecule has 0 radical (unpaired) electrons. The molecule has 0 saturated carbocycles. The molecule has 3 aromatic heterocycles. The Bertz CT molecular complexity index is 1010. The predicted octanol–water partition coefficient (Wildman–Crippen LogP) is 4.89. The maximum Gasteiger partial charge on any atom is 0.417 e. The van der Waals surface area contributed by atoms with E-state index in [9.17, 15) is 13.2 Å². The first-order chi connectivity index (χ1) is 13.8. The molecule has 0 aliphatic carbocycles. The normalized spacial score (nSPS) is 18.4. The highest BCUT2D eigenvalue weighted by molar-refractivity contribution is 5.81. The SMILES string of the molecule is CCc1cc(C(F)(F)F)c2c(C3CCCN(Cc4cccc(C)n4)C3)noc2n1. The highest BCUT2D eigenvalue weighted by Gasteiger charge is 2.38. The van der Waals surface area contributed by atoms with Gasteiger partial charge in [0.05, 0.1) is 22.3 Å². The van der Waals surface area contributed by atoms with E-state index in [1.54, 1.807) is 6.92 Å². The standard InChI is InChI=1S/C21H23F3N4O/c1-3-15-10-17(21(22,23)24)18-19(27-29-20(18)26-15)14-7-5-9-28(11-14)12-16-8-4-6-13(2)25-16/h4,6,8,10,14H,3,5,7,9,11-12H2,1-2H3. The number of nitrogens with zero attached hydrogens (tertiary/aromatic N) is 4. The van der Waals surface area contributed by atoms with Crippen LogP contribution >= 0.6 is 0 Å². The van der Waals surface area contributed by atoms with Crippen molar-refractivity contribution in [3.8, 4) is 0 Å². The Labute approximate surface area is 166 Å². The first-order valence-corrected chi connectivity index (χ1v) is 9.86. The molecule has 3 aromatic rings. The lowest BCUT2D eigenvalue weighted by Gasteiger charge is -2.31. The zero-order valence-electron chi connectivity index (χ0n) is 16.5. The minimum Gasteiger partial charge on any atom is -0.336 e. The number of halogens is 3. The van der Waals surface area contributed by atoms with Crippen LogP contribution in [-0.2, 0) is 19.1 Å². The van der Waals surface area contributed by atoms with Gasteiger partial charge in [0.1, 0.15) is 0 Å². The molecule has 0 aromatic carbocycles. The van der Waals surface area contributed by atoms with Crippen molar-refractivity contribution in [1.29, 1.82) is 0 Å². The van der Waals surface area contributed by atoms with Crippen LogP contribution in [0.2, 0.25) is 0 Å². The number of aromatic nitrogens is 3. The zero-order chi connectivity index (χ0) is 20.6. The third-order valence-corrected chi connectivity index (χ3v) is 5.42. The molecule has 4 heterocycles. The summed E-state index contributed by atoms with van der Waals surface area (Å²) < 4.78 is 46.5. The summed E-state index contributed by atoms with van der Waals surface area (Å²) in [5.41, 5.74) is 1.90. The summed E-state index contributed by atoms with van der Waals surface area (Å²) in [5.74, 6) is -0.134. The fourth-order valence-electron chi connectivity index (χ4n) is 4.05. The van der Waals surface area contributed by atoms with Gasteiger partial charge in [-0.1, -0.05) is 18.1 Å². The Kier molecular flexibility index (Phi) is 5.29. The highest BCUT2D eigenvalue weighted by Crippen LogP contribution is 2.40. The largest absolute Gasteiger partial charge is 0.417 e. The minimum atomic E-state index is -4.48. The molecular formula is C21H23F3N4O. The molecule has 4 rings (SSSR count). The van der Waals surface area contributed by atoms with Gasteiger partial charge in [0.25, 0.3) is 5.71 Å². The molecule has 0 amide bonds. The molecule has 8 heteroatoms. The molecule has 0 N–H and O–H groups in total. The molecular weight excluding hydrogens is 381 g/mol. The molecule has 154 valence electrons. The van der Waals surface area contributed by atoms with Crippen molar-refractivity contribution < 1.29 is 17.7 Å². The number of alkyl halides is 3. The lowest BCUT2D eigenvalue weighted by atomic mass is 9.91. The Hall–Kier alpha value is -2.48. The number of rotatable bonds is 4. The second kappa shape index (κ2) is 7.74. The molecule has 0 bridgehead atoms. The molecule has 29 heavy (non-hydrogen) atoms. The molecule has 1 unspecified atom stereocenters. The Morgan fingerprint density at radius 1 is 1.21 bits per heavy atom. The number of aryl methyl sites for hydroxylation is 2. The van der Waals surface area contributed by atoms with E-state index in [1.165, 1.54) is 0 Å². The molecule has 1 saturated heterocycles.